The third kappa shape index (κ3) is 2.85. The number of hydrogen-bond acceptors (Lipinski definition) is 7. The smallest absolute Gasteiger partial charge is 0.344 e. The van der Waals surface area contributed by atoms with Gasteiger partial charge in [0.1, 0.15) is 16.7 Å². The summed E-state index contributed by atoms with van der Waals surface area (Å²) in [4.78, 5) is 38.4. The van der Waals surface area contributed by atoms with Crippen molar-refractivity contribution in [1.82, 2.24) is 19.4 Å². The summed E-state index contributed by atoms with van der Waals surface area (Å²) in [5.74, 6) is 0.263. The third-order valence-corrected chi connectivity index (χ3v) is 5.23. The number of H-pyrrole nitrogens is 1. The van der Waals surface area contributed by atoms with Crippen LogP contribution in [0.15, 0.2) is 41.2 Å². The van der Waals surface area contributed by atoms with Crippen molar-refractivity contribution in [3.05, 3.63) is 52.3 Å². The zero-order valence-electron chi connectivity index (χ0n) is 17.9. The summed E-state index contributed by atoms with van der Waals surface area (Å²) in [5.41, 5.74) is 2.56. The number of aromatic nitrogens is 4. The maximum absolute atomic E-state index is 13.1. The molecular weight excluding hydrogens is 412 g/mol. The molecule has 0 spiro atoms. The predicted molar refractivity (Wildman–Crippen MR) is 120 cm³/mol. The van der Waals surface area contributed by atoms with E-state index in [0.29, 0.717) is 44.6 Å². The summed E-state index contributed by atoms with van der Waals surface area (Å²) in [6, 6.07) is 10.6. The average molecular weight is 432 g/mol. The molecule has 0 bridgehead atoms. The normalized spacial score (nSPS) is 11.7. The lowest BCUT2D eigenvalue weighted by Crippen LogP contribution is -2.15. The molecule has 9 heteroatoms. The number of carbonyl (C=O) groups excluding carboxylic acids is 1. The maximum atomic E-state index is 13.1. The van der Waals surface area contributed by atoms with Crippen LogP contribution in [0, 0.1) is 0 Å². The van der Waals surface area contributed by atoms with Gasteiger partial charge in [-0.15, -0.1) is 0 Å². The topological polar surface area (TPSA) is 108 Å². The molecule has 5 aromatic rings. The molecule has 0 saturated heterocycles. The average Bonchev–Trinajstić information content (AvgIpc) is 3.09. The molecule has 0 fully saturated rings. The summed E-state index contributed by atoms with van der Waals surface area (Å²) in [6.07, 6.45) is -0.350. The van der Waals surface area contributed by atoms with E-state index in [1.807, 2.05) is 24.3 Å². The van der Waals surface area contributed by atoms with Crippen LogP contribution in [-0.2, 0) is 4.74 Å². The van der Waals surface area contributed by atoms with Crippen LogP contribution >= 0.6 is 0 Å². The molecule has 0 aliphatic heterocycles. The zero-order chi connectivity index (χ0) is 22.6. The Morgan fingerprint density at radius 1 is 1.03 bits per heavy atom. The molecular formula is C23H20N4O5. The first-order valence-corrected chi connectivity index (χ1v) is 10.0. The summed E-state index contributed by atoms with van der Waals surface area (Å²) >= 11 is 0. The van der Waals surface area contributed by atoms with Crippen LogP contribution in [0.3, 0.4) is 0 Å². The number of esters is 1. The van der Waals surface area contributed by atoms with Crippen molar-refractivity contribution in [2.45, 2.75) is 20.0 Å². The largest absolute Gasteiger partial charge is 0.493 e. The number of fused-ring (bicyclic) bond motifs is 6. The quantitative estimate of drug-likeness (QED) is 0.433. The number of carbonyl (C=O) groups is 1. The molecule has 0 aliphatic rings. The summed E-state index contributed by atoms with van der Waals surface area (Å²) in [5, 5.41) is 0.353. The fraction of sp³-hybridized carbons (Fsp3) is 0.217. The minimum atomic E-state index is -0.590. The van der Waals surface area contributed by atoms with Gasteiger partial charge in [0.2, 0.25) is 0 Å². The molecule has 0 amide bonds. The van der Waals surface area contributed by atoms with E-state index in [-0.39, 0.29) is 22.9 Å². The molecule has 0 unspecified atom stereocenters. The Balaban J connectivity index is 2.02. The molecule has 3 heterocycles. The lowest BCUT2D eigenvalue weighted by molar-refractivity contribution is 0.0382. The molecule has 9 nitrogen and oxygen atoms in total. The first-order valence-electron chi connectivity index (χ1n) is 10.0. The van der Waals surface area contributed by atoms with Gasteiger partial charge in [0.25, 0.3) is 5.56 Å². The van der Waals surface area contributed by atoms with Crippen molar-refractivity contribution in [1.29, 1.82) is 0 Å². The van der Waals surface area contributed by atoms with Crippen LogP contribution in [-0.4, -0.2) is 45.6 Å². The molecule has 1 N–H and O–H groups in total. The Labute approximate surface area is 181 Å². The van der Waals surface area contributed by atoms with Crippen LogP contribution in [0.4, 0.5) is 0 Å². The van der Waals surface area contributed by atoms with Crippen molar-refractivity contribution >= 4 is 44.7 Å². The van der Waals surface area contributed by atoms with E-state index >= 15 is 0 Å². The molecule has 3 aromatic heterocycles. The van der Waals surface area contributed by atoms with Gasteiger partial charge in [0.05, 0.1) is 42.3 Å². The van der Waals surface area contributed by atoms with Crippen molar-refractivity contribution in [3.63, 3.8) is 0 Å². The molecule has 0 radical (unpaired) electrons. The Kier molecular flexibility index (Phi) is 4.47. The lowest BCUT2D eigenvalue weighted by Gasteiger charge is -2.11. The number of nitrogens with zero attached hydrogens (tertiary/aromatic N) is 3. The van der Waals surface area contributed by atoms with Crippen molar-refractivity contribution in [3.8, 4) is 11.5 Å². The molecule has 2 aromatic carbocycles. The molecule has 0 saturated carbocycles. The SMILES string of the molecule is COc1cc2c(=O)[nH]c3c(C(=O)OC(C)C)c4nc5ccccc5nc4n3c2cc1OC. The number of hydrogen-bond donors (Lipinski definition) is 1. The lowest BCUT2D eigenvalue weighted by atomic mass is 10.2. The fourth-order valence-corrected chi connectivity index (χ4v) is 3.87. The first kappa shape index (κ1) is 19.8. The van der Waals surface area contributed by atoms with Gasteiger partial charge in [-0.1, -0.05) is 12.1 Å². The van der Waals surface area contributed by atoms with E-state index in [0.717, 1.165) is 0 Å². The van der Waals surface area contributed by atoms with Gasteiger partial charge < -0.3 is 19.2 Å². The van der Waals surface area contributed by atoms with Crippen LogP contribution in [0.25, 0.3) is 38.7 Å². The molecule has 0 atom stereocenters. The minimum absolute atomic E-state index is 0.153. The second kappa shape index (κ2) is 7.23. The van der Waals surface area contributed by atoms with Gasteiger partial charge >= 0.3 is 5.97 Å². The number of aromatic amines is 1. The Hall–Kier alpha value is -4.14. The van der Waals surface area contributed by atoms with Crippen molar-refractivity contribution < 1.29 is 19.0 Å². The monoisotopic (exact) mass is 432 g/mol. The molecule has 162 valence electrons. The predicted octanol–water partition coefficient (Wildman–Crippen LogP) is 3.46. The minimum Gasteiger partial charge on any atom is -0.493 e. The highest BCUT2D eigenvalue weighted by Crippen LogP contribution is 2.34. The van der Waals surface area contributed by atoms with Gasteiger partial charge in [-0.25, -0.2) is 14.8 Å². The van der Waals surface area contributed by atoms with Crippen molar-refractivity contribution in [2.24, 2.45) is 0 Å². The highest BCUT2D eigenvalue weighted by atomic mass is 16.5. The Morgan fingerprint density at radius 2 is 1.69 bits per heavy atom. The third-order valence-electron chi connectivity index (χ3n) is 5.23. The van der Waals surface area contributed by atoms with E-state index in [9.17, 15) is 9.59 Å². The van der Waals surface area contributed by atoms with Gasteiger partial charge in [0, 0.05) is 6.07 Å². The zero-order valence-corrected chi connectivity index (χ0v) is 17.9. The van der Waals surface area contributed by atoms with E-state index in [1.54, 1.807) is 30.4 Å². The second-order valence-electron chi connectivity index (χ2n) is 7.58. The van der Waals surface area contributed by atoms with Crippen LogP contribution in [0.5, 0.6) is 11.5 Å². The van der Waals surface area contributed by atoms with Crippen LogP contribution in [0.2, 0.25) is 0 Å². The van der Waals surface area contributed by atoms with Gasteiger partial charge in [-0.2, -0.15) is 0 Å². The number of methoxy groups -OCH3 is 2. The molecule has 0 aliphatic carbocycles. The fourth-order valence-electron chi connectivity index (χ4n) is 3.87. The maximum Gasteiger partial charge on any atom is 0.344 e. The highest BCUT2D eigenvalue weighted by molar-refractivity contribution is 6.11. The van der Waals surface area contributed by atoms with E-state index in [4.69, 9.17) is 24.2 Å². The Morgan fingerprint density at radius 3 is 2.34 bits per heavy atom. The van der Waals surface area contributed by atoms with E-state index in [1.165, 1.54) is 14.2 Å². The number of ether oxygens (including phenoxy) is 3. The van der Waals surface area contributed by atoms with Crippen molar-refractivity contribution in [2.75, 3.05) is 14.2 Å². The van der Waals surface area contributed by atoms with Gasteiger partial charge in [0.15, 0.2) is 17.1 Å². The van der Waals surface area contributed by atoms with Crippen LogP contribution in [0.1, 0.15) is 24.2 Å². The summed E-state index contributed by atoms with van der Waals surface area (Å²) in [6.45, 7) is 3.52. The summed E-state index contributed by atoms with van der Waals surface area (Å²) < 4.78 is 18.0. The molecule has 32 heavy (non-hydrogen) atoms. The number of rotatable bonds is 4. The Bertz CT molecular complexity index is 1600. The summed E-state index contributed by atoms with van der Waals surface area (Å²) in [7, 11) is 3.01. The van der Waals surface area contributed by atoms with Gasteiger partial charge in [-0.05, 0) is 32.0 Å². The number of para-hydroxylation sites is 2. The van der Waals surface area contributed by atoms with Crippen LogP contribution < -0.4 is 15.0 Å². The molecule has 5 rings (SSSR count). The number of nitrogens with one attached hydrogen (secondary N) is 1. The standard InChI is InChI=1S/C23H20N4O5/c1-11(2)32-23(29)18-19-21(25-14-8-6-5-7-13(14)24-19)27-15-10-17(31-4)16(30-3)9-12(15)22(28)26-20(18)27/h5-11H,1-4H3,(H,26,28). The number of benzene rings is 2. The van der Waals surface area contributed by atoms with E-state index in [2.05, 4.69) is 4.98 Å². The first-order chi connectivity index (χ1) is 15.4. The van der Waals surface area contributed by atoms with E-state index < -0.39 is 5.97 Å². The highest BCUT2D eigenvalue weighted by Gasteiger charge is 2.26. The second-order valence-corrected chi connectivity index (χ2v) is 7.58. The van der Waals surface area contributed by atoms with Gasteiger partial charge in [-0.3, -0.25) is 9.20 Å².